The average molecular weight is 339 g/mol. The molecule has 2 aromatic rings. The number of nitriles is 1. The van der Waals surface area contributed by atoms with Crippen molar-refractivity contribution in [3.05, 3.63) is 56.9 Å². The predicted molar refractivity (Wildman–Crippen MR) is 81.5 cm³/mol. The zero-order chi connectivity index (χ0) is 18.1. The maximum atomic E-state index is 12.2. The minimum atomic E-state index is -0.881. The number of cyclic esters (lactones) is 1. The van der Waals surface area contributed by atoms with Gasteiger partial charge in [0, 0.05) is 17.7 Å². The molecule has 1 aromatic carbocycles. The number of ether oxygens (including phenoxy) is 2. The molecule has 0 atom stereocenters. The van der Waals surface area contributed by atoms with Gasteiger partial charge in [0.1, 0.15) is 18.2 Å². The number of hydrogen-bond donors (Lipinski definition) is 0. The molecule has 3 rings (SSSR count). The zero-order valence-electron chi connectivity index (χ0n) is 12.8. The van der Waals surface area contributed by atoms with Gasteiger partial charge in [-0.1, -0.05) is 12.1 Å². The number of hydrogen-bond acceptors (Lipinski definition) is 8. The largest absolute Gasteiger partial charge is 0.465 e. The number of carbonyl (C=O) groups excluding carboxylic acids is 2. The monoisotopic (exact) mass is 339 g/mol. The van der Waals surface area contributed by atoms with E-state index in [0.717, 1.165) is 7.11 Å². The summed E-state index contributed by atoms with van der Waals surface area (Å²) in [5, 5.41) is 20.4. The van der Waals surface area contributed by atoms with Crippen LogP contribution in [0.2, 0.25) is 0 Å². The SMILES string of the molecule is COC(=O)c1c(C#N)nc2c(c1-c1cccc([N+](=O)[O-])c1)C(=O)OC2. The van der Waals surface area contributed by atoms with Crippen molar-refractivity contribution in [2.45, 2.75) is 6.61 Å². The van der Waals surface area contributed by atoms with Gasteiger partial charge >= 0.3 is 11.9 Å². The molecule has 0 unspecified atom stereocenters. The number of non-ortho nitro benzene ring substituents is 1. The molecule has 0 bridgehead atoms. The van der Waals surface area contributed by atoms with Crippen LogP contribution in [-0.4, -0.2) is 29.0 Å². The van der Waals surface area contributed by atoms with E-state index in [-0.39, 0.29) is 45.9 Å². The normalized spacial score (nSPS) is 12.1. The van der Waals surface area contributed by atoms with E-state index in [2.05, 4.69) is 4.98 Å². The van der Waals surface area contributed by atoms with Crippen LogP contribution >= 0.6 is 0 Å². The number of methoxy groups -OCH3 is 1. The molecule has 0 N–H and O–H groups in total. The smallest absolute Gasteiger partial charge is 0.341 e. The number of rotatable bonds is 3. The maximum absolute atomic E-state index is 12.2. The van der Waals surface area contributed by atoms with Crippen molar-refractivity contribution in [1.82, 2.24) is 4.98 Å². The second-order valence-corrected chi connectivity index (χ2v) is 5.02. The van der Waals surface area contributed by atoms with E-state index < -0.39 is 16.9 Å². The molecule has 1 aliphatic heterocycles. The topological polar surface area (TPSA) is 132 Å². The van der Waals surface area contributed by atoms with E-state index in [1.165, 1.54) is 24.3 Å². The highest BCUT2D eigenvalue weighted by atomic mass is 16.6. The van der Waals surface area contributed by atoms with Gasteiger partial charge in [0.05, 0.1) is 23.3 Å². The number of aromatic nitrogens is 1. The Labute approximate surface area is 140 Å². The molecule has 2 heterocycles. The van der Waals surface area contributed by atoms with Gasteiger partial charge in [-0.05, 0) is 5.56 Å². The second kappa shape index (κ2) is 6.01. The van der Waals surface area contributed by atoms with E-state index >= 15 is 0 Å². The van der Waals surface area contributed by atoms with Gasteiger partial charge in [-0.25, -0.2) is 14.6 Å². The van der Waals surface area contributed by atoms with E-state index in [0.29, 0.717) is 0 Å². The van der Waals surface area contributed by atoms with Crippen LogP contribution in [0.25, 0.3) is 11.1 Å². The van der Waals surface area contributed by atoms with Crippen LogP contribution < -0.4 is 0 Å². The summed E-state index contributed by atoms with van der Waals surface area (Å²) in [5.74, 6) is -1.60. The van der Waals surface area contributed by atoms with Crippen molar-refractivity contribution >= 4 is 17.6 Å². The minimum absolute atomic E-state index is 0.0000945. The standard InChI is InChI=1S/C16H9N3O6/c1-24-15(20)13-10(6-17)18-11-7-25-16(21)14(11)12(13)8-3-2-4-9(5-8)19(22)23/h2-5H,7H2,1H3. The molecule has 124 valence electrons. The summed E-state index contributed by atoms with van der Waals surface area (Å²) < 4.78 is 9.63. The lowest BCUT2D eigenvalue weighted by atomic mass is 9.92. The van der Waals surface area contributed by atoms with Crippen molar-refractivity contribution in [2.75, 3.05) is 7.11 Å². The fraction of sp³-hybridized carbons (Fsp3) is 0.125. The third-order valence-electron chi connectivity index (χ3n) is 3.66. The molecule has 25 heavy (non-hydrogen) atoms. The van der Waals surface area contributed by atoms with Crippen LogP contribution in [0.1, 0.15) is 32.1 Å². The van der Waals surface area contributed by atoms with Crippen molar-refractivity contribution < 1.29 is 24.0 Å². The van der Waals surface area contributed by atoms with Gasteiger partial charge in [0.2, 0.25) is 0 Å². The summed E-state index contributed by atoms with van der Waals surface area (Å²) in [5.41, 5.74) is -0.268. The van der Waals surface area contributed by atoms with E-state index in [4.69, 9.17) is 9.47 Å². The summed E-state index contributed by atoms with van der Waals surface area (Å²) in [6, 6.07) is 7.16. The van der Waals surface area contributed by atoms with Crippen molar-refractivity contribution in [3.63, 3.8) is 0 Å². The number of nitro benzene ring substituents is 1. The Hall–Kier alpha value is -3.80. The fourth-order valence-electron chi connectivity index (χ4n) is 2.61. The molecule has 0 saturated carbocycles. The first-order chi connectivity index (χ1) is 12.0. The lowest BCUT2D eigenvalue weighted by molar-refractivity contribution is -0.384. The van der Waals surface area contributed by atoms with Crippen LogP contribution in [0.5, 0.6) is 0 Å². The molecule has 0 spiro atoms. The molecule has 9 heteroatoms. The van der Waals surface area contributed by atoms with E-state index in [1.54, 1.807) is 6.07 Å². The number of esters is 2. The van der Waals surface area contributed by atoms with Gasteiger partial charge in [-0.2, -0.15) is 5.26 Å². The van der Waals surface area contributed by atoms with Gasteiger partial charge in [-0.15, -0.1) is 0 Å². The van der Waals surface area contributed by atoms with E-state index in [9.17, 15) is 25.0 Å². The van der Waals surface area contributed by atoms with Crippen LogP contribution in [0.15, 0.2) is 24.3 Å². The molecule has 0 saturated heterocycles. The first-order valence-corrected chi connectivity index (χ1v) is 6.95. The number of nitro groups is 1. The highest BCUT2D eigenvalue weighted by Gasteiger charge is 2.34. The summed E-state index contributed by atoms with van der Waals surface area (Å²) in [4.78, 5) is 38.7. The Balaban J connectivity index is 2.42. The van der Waals surface area contributed by atoms with Gasteiger partial charge in [-0.3, -0.25) is 10.1 Å². The summed E-state index contributed by atoms with van der Waals surface area (Å²) in [6.07, 6.45) is 0. The number of pyridine rings is 1. The molecular formula is C16H9N3O6. The van der Waals surface area contributed by atoms with Crippen LogP contribution in [0.3, 0.4) is 0 Å². The number of fused-ring (bicyclic) bond motifs is 1. The third kappa shape index (κ3) is 2.55. The fourth-order valence-corrected chi connectivity index (χ4v) is 2.61. The van der Waals surface area contributed by atoms with Crippen LogP contribution in [0, 0.1) is 21.4 Å². The Morgan fingerprint density at radius 1 is 1.44 bits per heavy atom. The summed E-state index contributed by atoms with van der Waals surface area (Å²) >= 11 is 0. The quantitative estimate of drug-likeness (QED) is 0.471. The Kier molecular flexibility index (Phi) is 3.86. The predicted octanol–water partition coefficient (Wildman–Crippen LogP) is 1.99. The number of benzene rings is 1. The first-order valence-electron chi connectivity index (χ1n) is 6.95. The number of nitrogens with zero attached hydrogens (tertiary/aromatic N) is 3. The minimum Gasteiger partial charge on any atom is -0.465 e. The summed E-state index contributed by atoms with van der Waals surface area (Å²) in [7, 11) is 1.12. The Morgan fingerprint density at radius 3 is 2.84 bits per heavy atom. The third-order valence-corrected chi connectivity index (χ3v) is 3.66. The lowest BCUT2D eigenvalue weighted by Crippen LogP contribution is -2.13. The van der Waals surface area contributed by atoms with Crippen molar-refractivity contribution in [2.24, 2.45) is 0 Å². The van der Waals surface area contributed by atoms with Crippen LogP contribution in [-0.2, 0) is 16.1 Å². The lowest BCUT2D eigenvalue weighted by Gasteiger charge is -2.12. The van der Waals surface area contributed by atoms with Crippen LogP contribution in [0.4, 0.5) is 5.69 Å². The average Bonchev–Trinajstić information content (AvgIpc) is 3.00. The van der Waals surface area contributed by atoms with Gasteiger partial charge in [0.25, 0.3) is 5.69 Å². The highest BCUT2D eigenvalue weighted by molar-refractivity contribution is 6.08. The number of carbonyl (C=O) groups is 2. The molecule has 9 nitrogen and oxygen atoms in total. The van der Waals surface area contributed by atoms with Gasteiger partial charge in [0.15, 0.2) is 5.69 Å². The molecule has 1 aromatic heterocycles. The molecular weight excluding hydrogens is 330 g/mol. The molecule has 0 aliphatic carbocycles. The second-order valence-electron chi connectivity index (χ2n) is 5.02. The van der Waals surface area contributed by atoms with E-state index in [1.807, 2.05) is 0 Å². The van der Waals surface area contributed by atoms with Crippen molar-refractivity contribution in [1.29, 1.82) is 5.26 Å². The zero-order valence-corrected chi connectivity index (χ0v) is 12.8. The van der Waals surface area contributed by atoms with Crippen molar-refractivity contribution in [3.8, 4) is 17.2 Å². The first kappa shape index (κ1) is 16.1. The maximum Gasteiger partial charge on any atom is 0.341 e. The summed E-state index contributed by atoms with van der Waals surface area (Å²) in [6.45, 7) is -0.147. The Morgan fingerprint density at radius 2 is 2.20 bits per heavy atom. The molecule has 1 aliphatic rings. The van der Waals surface area contributed by atoms with Gasteiger partial charge < -0.3 is 9.47 Å². The Bertz CT molecular complexity index is 977. The molecule has 0 amide bonds. The molecule has 0 fully saturated rings. The molecule has 0 radical (unpaired) electrons. The highest BCUT2D eigenvalue weighted by Crippen LogP contribution is 2.36.